The van der Waals surface area contributed by atoms with E-state index in [0.717, 1.165) is 6.16 Å². The number of hydrogen-bond donors (Lipinski definition) is 1. The third-order valence-corrected chi connectivity index (χ3v) is 1.20. The predicted octanol–water partition coefficient (Wildman–Crippen LogP) is 0.801. The highest BCUT2D eigenvalue weighted by Crippen LogP contribution is 2.04. The van der Waals surface area contributed by atoms with Crippen LogP contribution in [0.25, 0.3) is 0 Å². The molecule has 0 aliphatic carbocycles. The molecule has 0 fully saturated rings. The standard InChI is InChI=1S/C4H9OP/c1-2-3-6-4-5/h2,5-6H,1,3-4H2. The van der Waals surface area contributed by atoms with Crippen molar-refractivity contribution >= 4 is 8.58 Å². The molecule has 0 saturated carbocycles. The molecule has 0 aliphatic rings. The van der Waals surface area contributed by atoms with Crippen molar-refractivity contribution in [3.8, 4) is 0 Å². The van der Waals surface area contributed by atoms with E-state index in [-0.39, 0.29) is 0 Å². The first-order chi connectivity index (χ1) is 2.91. The average Bonchev–Trinajstić information content (AvgIpc) is 1.61. The van der Waals surface area contributed by atoms with Crippen LogP contribution in [-0.4, -0.2) is 17.6 Å². The lowest BCUT2D eigenvalue weighted by atomic mass is 10.8. The molecule has 1 atom stereocenters. The molecule has 0 aromatic rings. The topological polar surface area (TPSA) is 20.2 Å². The highest BCUT2D eigenvalue weighted by atomic mass is 31.1. The van der Waals surface area contributed by atoms with Crippen molar-refractivity contribution in [2.24, 2.45) is 0 Å². The summed E-state index contributed by atoms with van der Waals surface area (Å²) in [7, 11) is 0.652. The zero-order valence-electron chi connectivity index (χ0n) is 3.65. The Bertz CT molecular complexity index is 36.5. The molecule has 0 aromatic heterocycles. The van der Waals surface area contributed by atoms with Gasteiger partial charge in [-0.2, -0.15) is 0 Å². The van der Waals surface area contributed by atoms with Gasteiger partial charge in [0.1, 0.15) is 0 Å². The van der Waals surface area contributed by atoms with Gasteiger partial charge in [-0.3, -0.25) is 0 Å². The Morgan fingerprint density at radius 1 is 1.83 bits per heavy atom. The normalized spacial score (nSPS) is 10.2. The van der Waals surface area contributed by atoms with Crippen LogP contribution in [0.2, 0.25) is 0 Å². The molecule has 2 heteroatoms. The minimum Gasteiger partial charge on any atom is -0.392 e. The van der Waals surface area contributed by atoms with Gasteiger partial charge in [0, 0.05) is 0 Å². The Kier molecular flexibility index (Phi) is 5.24. The van der Waals surface area contributed by atoms with Crippen LogP contribution < -0.4 is 0 Å². The van der Waals surface area contributed by atoms with E-state index in [1.165, 1.54) is 0 Å². The second-order valence-corrected chi connectivity index (χ2v) is 2.13. The minimum atomic E-state index is 0.312. The first kappa shape index (κ1) is 6.13. The number of rotatable bonds is 3. The number of aliphatic hydroxyl groups is 1. The molecule has 0 rings (SSSR count). The summed E-state index contributed by atoms with van der Waals surface area (Å²) >= 11 is 0. The summed E-state index contributed by atoms with van der Waals surface area (Å²) in [4.78, 5) is 0. The molecule has 0 amide bonds. The number of aliphatic hydroxyl groups excluding tert-OH is 1. The summed E-state index contributed by atoms with van der Waals surface area (Å²) < 4.78 is 0. The van der Waals surface area contributed by atoms with Gasteiger partial charge in [-0.05, 0) is 6.16 Å². The van der Waals surface area contributed by atoms with Gasteiger partial charge in [0.25, 0.3) is 0 Å². The van der Waals surface area contributed by atoms with Gasteiger partial charge in [-0.15, -0.1) is 6.58 Å². The lowest BCUT2D eigenvalue weighted by molar-refractivity contribution is 0.373. The highest BCUT2D eigenvalue weighted by molar-refractivity contribution is 7.37. The van der Waals surface area contributed by atoms with Crippen molar-refractivity contribution in [1.29, 1.82) is 0 Å². The SMILES string of the molecule is C=CCPCO. The molecule has 1 nitrogen and oxygen atoms in total. The highest BCUT2D eigenvalue weighted by Gasteiger charge is 1.71. The van der Waals surface area contributed by atoms with Gasteiger partial charge < -0.3 is 5.11 Å². The summed E-state index contributed by atoms with van der Waals surface area (Å²) in [5, 5.41) is 8.16. The Hall–Kier alpha value is 0.130. The molecule has 0 spiro atoms. The summed E-state index contributed by atoms with van der Waals surface area (Å²) in [6, 6.07) is 0. The minimum absolute atomic E-state index is 0.312. The Labute approximate surface area is 39.9 Å². The molecular formula is C4H9OP. The van der Waals surface area contributed by atoms with E-state index in [9.17, 15) is 0 Å². The molecule has 0 bridgehead atoms. The fourth-order valence-electron chi connectivity index (χ4n) is 0.167. The third-order valence-electron chi connectivity index (χ3n) is 0.400. The molecule has 0 aliphatic heterocycles. The molecule has 0 radical (unpaired) electrons. The Morgan fingerprint density at radius 3 is 2.67 bits per heavy atom. The monoisotopic (exact) mass is 104 g/mol. The maximum atomic E-state index is 8.16. The van der Waals surface area contributed by atoms with Crippen LogP contribution in [-0.2, 0) is 0 Å². The maximum absolute atomic E-state index is 8.16. The van der Waals surface area contributed by atoms with E-state index >= 15 is 0 Å². The molecule has 6 heavy (non-hydrogen) atoms. The van der Waals surface area contributed by atoms with Gasteiger partial charge in [0.05, 0.1) is 6.35 Å². The average molecular weight is 104 g/mol. The number of hydrogen-bond acceptors (Lipinski definition) is 1. The van der Waals surface area contributed by atoms with Crippen LogP contribution >= 0.6 is 8.58 Å². The zero-order valence-corrected chi connectivity index (χ0v) is 4.65. The predicted molar refractivity (Wildman–Crippen MR) is 30.5 cm³/mol. The Morgan fingerprint density at radius 2 is 2.50 bits per heavy atom. The van der Waals surface area contributed by atoms with E-state index < -0.39 is 0 Å². The maximum Gasteiger partial charge on any atom is 0.0598 e. The summed E-state index contributed by atoms with van der Waals surface area (Å²) in [6.45, 7) is 3.49. The summed E-state index contributed by atoms with van der Waals surface area (Å²) in [6.07, 6.45) is 3.08. The van der Waals surface area contributed by atoms with E-state index in [2.05, 4.69) is 6.58 Å². The van der Waals surface area contributed by atoms with Gasteiger partial charge in [-0.1, -0.05) is 14.7 Å². The Balaban J connectivity index is 2.49. The van der Waals surface area contributed by atoms with Crippen molar-refractivity contribution in [2.75, 3.05) is 12.5 Å². The summed E-state index contributed by atoms with van der Waals surface area (Å²) in [5.74, 6) is 0. The molecule has 36 valence electrons. The lowest BCUT2D eigenvalue weighted by Gasteiger charge is -1.82. The molecule has 0 saturated heterocycles. The second kappa shape index (κ2) is 5.13. The van der Waals surface area contributed by atoms with E-state index in [1.807, 2.05) is 6.08 Å². The third kappa shape index (κ3) is 4.13. The van der Waals surface area contributed by atoms with Crippen LogP contribution in [0.3, 0.4) is 0 Å². The summed E-state index contributed by atoms with van der Waals surface area (Å²) in [5.41, 5.74) is 0. The molecule has 1 unspecified atom stereocenters. The van der Waals surface area contributed by atoms with E-state index in [0.29, 0.717) is 14.9 Å². The largest absolute Gasteiger partial charge is 0.392 e. The van der Waals surface area contributed by atoms with Gasteiger partial charge in [-0.25, -0.2) is 0 Å². The van der Waals surface area contributed by atoms with E-state index in [4.69, 9.17) is 5.11 Å². The van der Waals surface area contributed by atoms with Crippen molar-refractivity contribution in [3.63, 3.8) is 0 Å². The van der Waals surface area contributed by atoms with E-state index in [1.54, 1.807) is 0 Å². The molecule has 0 heterocycles. The fraction of sp³-hybridized carbons (Fsp3) is 0.500. The lowest BCUT2D eigenvalue weighted by Crippen LogP contribution is -1.67. The molecule has 1 N–H and O–H groups in total. The smallest absolute Gasteiger partial charge is 0.0598 e. The van der Waals surface area contributed by atoms with Crippen molar-refractivity contribution in [3.05, 3.63) is 12.7 Å². The first-order valence-corrected chi connectivity index (χ1v) is 3.25. The van der Waals surface area contributed by atoms with Gasteiger partial charge >= 0.3 is 0 Å². The first-order valence-electron chi connectivity index (χ1n) is 1.84. The van der Waals surface area contributed by atoms with Gasteiger partial charge in [0.15, 0.2) is 0 Å². The van der Waals surface area contributed by atoms with Gasteiger partial charge in [0.2, 0.25) is 0 Å². The van der Waals surface area contributed by atoms with Crippen LogP contribution in [0, 0.1) is 0 Å². The van der Waals surface area contributed by atoms with Crippen LogP contribution in [0.1, 0.15) is 0 Å². The van der Waals surface area contributed by atoms with Crippen molar-refractivity contribution in [2.45, 2.75) is 0 Å². The van der Waals surface area contributed by atoms with Crippen molar-refractivity contribution in [1.82, 2.24) is 0 Å². The zero-order chi connectivity index (χ0) is 4.83. The fourth-order valence-corrected chi connectivity index (χ4v) is 0.500. The quantitative estimate of drug-likeness (QED) is 0.319. The number of allylic oxidation sites excluding steroid dienone is 1. The second-order valence-electron chi connectivity index (χ2n) is 0.901. The molecular weight excluding hydrogens is 95.0 g/mol. The van der Waals surface area contributed by atoms with Crippen molar-refractivity contribution < 1.29 is 5.11 Å². The van der Waals surface area contributed by atoms with Crippen LogP contribution in [0.15, 0.2) is 12.7 Å². The van der Waals surface area contributed by atoms with Crippen LogP contribution in [0.5, 0.6) is 0 Å². The van der Waals surface area contributed by atoms with Crippen LogP contribution in [0.4, 0.5) is 0 Å². The molecule has 0 aromatic carbocycles.